The van der Waals surface area contributed by atoms with Crippen LogP contribution in [0.5, 0.6) is 5.75 Å². The Balaban J connectivity index is 0.993. The maximum Gasteiger partial charge on any atom is 0.223 e. The lowest BCUT2D eigenvalue weighted by Crippen LogP contribution is -2.47. The largest absolute Gasteiger partial charge is 0.489 e. The normalized spacial score (nSPS) is 18.3. The number of nitrogens with zero attached hydrogens (tertiary/aromatic N) is 7. The van der Waals surface area contributed by atoms with Crippen LogP contribution in [-0.2, 0) is 11.3 Å². The van der Waals surface area contributed by atoms with E-state index in [0.29, 0.717) is 61.2 Å². The number of fused-ring (bicyclic) bond motifs is 3. The Bertz CT molecular complexity index is 1690. The summed E-state index contributed by atoms with van der Waals surface area (Å²) >= 11 is 0. The highest BCUT2D eigenvalue weighted by Gasteiger charge is 2.23. The Hall–Kier alpha value is -4.27. The number of nitrogens with one attached hydrogen (secondary N) is 1. The van der Waals surface area contributed by atoms with E-state index in [-0.39, 0.29) is 24.3 Å². The Morgan fingerprint density at radius 2 is 1.98 bits per heavy atom. The van der Waals surface area contributed by atoms with Crippen LogP contribution in [0, 0.1) is 11.6 Å². The Morgan fingerprint density at radius 1 is 1.10 bits per heavy atom. The van der Waals surface area contributed by atoms with E-state index in [4.69, 9.17) is 19.6 Å². The number of ether oxygens (including phenoxy) is 2. The van der Waals surface area contributed by atoms with Crippen molar-refractivity contribution < 1.29 is 22.7 Å². The molecular formula is C28H31F2N9O3. The zero-order valence-electron chi connectivity index (χ0n) is 22.9. The number of halogens is 2. The van der Waals surface area contributed by atoms with Crippen molar-refractivity contribution in [2.24, 2.45) is 0 Å². The fraction of sp³-hybridized carbons (Fsp3) is 0.393. The molecule has 6 heterocycles. The lowest BCUT2D eigenvalue weighted by Gasteiger charge is -2.36. The van der Waals surface area contributed by atoms with Gasteiger partial charge in [0.1, 0.15) is 29.2 Å². The first-order chi connectivity index (χ1) is 20.5. The van der Waals surface area contributed by atoms with Crippen LogP contribution in [0.4, 0.5) is 20.4 Å². The first-order valence-corrected chi connectivity index (χ1v) is 14.0. The summed E-state index contributed by atoms with van der Waals surface area (Å²) in [6.45, 7) is 6.15. The smallest absolute Gasteiger partial charge is 0.223 e. The highest BCUT2D eigenvalue weighted by Crippen LogP contribution is 2.30. The van der Waals surface area contributed by atoms with Gasteiger partial charge >= 0.3 is 0 Å². The second-order valence-corrected chi connectivity index (χ2v) is 10.5. The summed E-state index contributed by atoms with van der Waals surface area (Å²) < 4.78 is 49.4. The molecule has 3 N–H and O–H groups in total. The van der Waals surface area contributed by atoms with Crippen molar-refractivity contribution in [3.63, 3.8) is 0 Å². The molecule has 0 radical (unpaired) electrons. The van der Waals surface area contributed by atoms with Gasteiger partial charge in [0.15, 0.2) is 23.0 Å². The van der Waals surface area contributed by atoms with E-state index in [1.54, 1.807) is 23.2 Å². The van der Waals surface area contributed by atoms with Crippen molar-refractivity contribution in [1.29, 1.82) is 0 Å². The molecule has 2 aliphatic heterocycles. The molecule has 5 aromatic rings. The van der Waals surface area contributed by atoms with Crippen LogP contribution in [0.25, 0.3) is 28.1 Å². The number of hydrogen-bond acceptors (Lipinski definition) is 10. The number of nitrogens with two attached hydrogens (primary N) is 1. The minimum atomic E-state index is -0.709. The predicted octanol–water partition coefficient (Wildman–Crippen LogP) is 2.39. The van der Waals surface area contributed by atoms with Gasteiger partial charge < -0.3 is 34.4 Å². The number of rotatable bonds is 8. The van der Waals surface area contributed by atoms with Gasteiger partial charge in [0.05, 0.1) is 37.5 Å². The molecule has 1 aromatic carbocycles. The quantitative estimate of drug-likeness (QED) is 0.283. The minimum Gasteiger partial charge on any atom is -0.489 e. The fourth-order valence-corrected chi connectivity index (χ4v) is 5.51. The summed E-state index contributed by atoms with van der Waals surface area (Å²) in [7, 11) is 0. The third-order valence-corrected chi connectivity index (χ3v) is 7.78. The number of piperazine rings is 1. The van der Waals surface area contributed by atoms with Gasteiger partial charge in [0, 0.05) is 57.9 Å². The number of morpholine rings is 1. The lowest BCUT2D eigenvalue weighted by atomic mass is 10.2. The van der Waals surface area contributed by atoms with Gasteiger partial charge in [0.2, 0.25) is 5.95 Å². The zero-order valence-corrected chi connectivity index (χ0v) is 22.9. The Morgan fingerprint density at radius 3 is 2.76 bits per heavy atom. The van der Waals surface area contributed by atoms with Gasteiger partial charge in [-0.2, -0.15) is 14.6 Å². The van der Waals surface area contributed by atoms with Crippen molar-refractivity contribution in [1.82, 2.24) is 34.4 Å². The number of aromatic nitrogens is 5. The molecule has 0 bridgehead atoms. The van der Waals surface area contributed by atoms with Crippen molar-refractivity contribution in [2.45, 2.75) is 12.6 Å². The summed E-state index contributed by atoms with van der Waals surface area (Å²) in [4.78, 5) is 13.4. The number of anilines is 2. The predicted molar refractivity (Wildman–Crippen MR) is 152 cm³/mol. The summed E-state index contributed by atoms with van der Waals surface area (Å²) in [5.74, 6) is -0.357. The SMILES string of the molecule is Nc1nc2c(ncn2CCN2CCN(c3cc(OCC4COCCN4)c(F)cc3F)CC2)c2cc(-c3ccco3)nn12. The van der Waals surface area contributed by atoms with E-state index in [1.165, 1.54) is 6.07 Å². The summed E-state index contributed by atoms with van der Waals surface area (Å²) in [5.41, 5.74) is 9.38. The number of furan rings is 1. The molecule has 1 unspecified atom stereocenters. The zero-order chi connectivity index (χ0) is 28.6. The van der Waals surface area contributed by atoms with Crippen LogP contribution in [0.1, 0.15) is 0 Å². The molecule has 0 aliphatic carbocycles. The molecular weight excluding hydrogens is 548 g/mol. The van der Waals surface area contributed by atoms with Gasteiger partial charge in [-0.25, -0.2) is 13.8 Å². The maximum absolute atomic E-state index is 14.8. The molecule has 2 aliphatic rings. The molecule has 14 heteroatoms. The van der Waals surface area contributed by atoms with Gasteiger partial charge in [-0.3, -0.25) is 4.90 Å². The minimum absolute atomic E-state index is 0.0280. The van der Waals surface area contributed by atoms with Crippen molar-refractivity contribution in [2.75, 3.05) is 69.7 Å². The second-order valence-electron chi connectivity index (χ2n) is 10.5. The van der Waals surface area contributed by atoms with E-state index in [1.807, 2.05) is 21.6 Å². The van der Waals surface area contributed by atoms with E-state index in [2.05, 4.69) is 25.3 Å². The molecule has 2 saturated heterocycles. The standard InChI is InChI=1S/C28H31F2N9O3/c29-19-12-20(30)25(42-16-18-15-40-11-3-32-18)14-22(19)37-7-4-36(5-8-37)6-9-38-17-33-26-23-13-21(24-2-1-10-41-24)35-39(23)28(31)34-27(26)38/h1-2,10,12-14,17-18,32H,3-9,11,15-16H2,(H2,31,34). The van der Waals surface area contributed by atoms with Crippen LogP contribution < -0.4 is 20.7 Å². The average Bonchev–Trinajstić information content (AvgIpc) is 3.77. The second kappa shape index (κ2) is 11.2. The number of imidazole rings is 1. The van der Waals surface area contributed by atoms with Crippen molar-refractivity contribution >= 4 is 28.3 Å². The molecule has 4 aromatic heterocycles. The number of nitrogen functional groups attached to an aromatic ring is 1. The molecule has 0 spiro atoms. The molecule has 220 valence electrons. The average molecular weight is 580 g/mol. The van der Waals surface area contributed by atoms with E-state index in [0.717, 1.165) is 37.8 Å². The summed E-state index contributed by atoms with van der Waals surface area (Å²) in [6.07, 6.45) is 3.36. The van der Waals surface area contributed by atoms with E-state index < -0.39 is 11.6 Å². The summed E-state index contributed by atoms with van der Waals surface area (Å²) in [6, 6.07) is 7.87. The molecule has 42 heavy (non-hydrogen) atoms. The fourth-order valence-electron chi connectivity index (χ4n) is 5.51. The number of benzene rings is 1. The molecule has 7 rings (SSSR count). The first kappa shape index (κ1) is 26.6. The van der Waals surface area contributed by atoms with Gasteiger partial charge in [-0.15, -0.1) is 0 Å². The molecule has 0 saturated carbocycles. The third kappa shape index (κ3) is 5.12. The Labute approximate surface area is 239 Å². The van der Waals surface area contributed by atoms with Gasteiger partial charge in [-0.1, -0.05) is 0 Å². The topological polar surface area (TPSA) is 124 Å². The number of hydrogen-bond donors (Lipinski definition) is 2. The Kier molecular flexibility index (Phi) is 7.09. The van der Waals surface area contributed by atoms with Crippen LogP contribution in [0.15, 0.2) is 47.3 Å². The highest BCUT2D eigenvalue weighted by molar-refractivity contribution is 5.90. The van der Waals surface area contributed by atoms with Crippen LogP contribution in [0.3, 0.4) is 0 Å². The monoisotopic (exact) mass is 579 g/mol. The molecule has 1 atom stereocenters. The van der Waals surface area contributed by atoms with Crippen molar-refractivity contribution in [3.8, 4) is 17.2 Å². The van der Waals surface area contributed by atoms with Crippen molar-refractivity contribution in [3.05, 3.63) is 54.6 Å². The maximum atomic E-state index is 14.8. The third-order valence-electron chi connectivity index (χ3n) is 7.78. The van der Waals surface area contributed by atoms with E-state index >= 15 is 0 Å². The first-order valence-electron chi connectivity index (χ1n) is 14.0. The van der Waals surface area contributed by atoms with Crippen LogP contribution >= 0.6 is 0 Å². The summed E-state index contributed by atoms with van der Waals surface area (Å²) in [5, 5.41) is 7.79. The molecule has 0 amide bonds. The van der Waals surface area contributed by atoms with Gasteiger partial charge in [0.25, 0.3) is 0 Å². The van der Waals surface area contributed by atoms with Crippen LogP contribution in [0.2, 0.25) is 0 Å². The molecule has 12 nitrogen and oxygen atoms in total. The van der Waals surface area contributed by atoms with E-state index in [9.17, 15) is 8.78 Å². The van der Waals surface area contributed by atoms with Gasteiger partial charge in [-0.05, 0) is 18.2 Å². The van der Waals surface area contributed by atoms with Crippen LogP contribution in [-0.4, -0.2) is 94.2 Å². The molecule has 2 fully saturated rings. The highest BCUT2D eigenvalue weighted by atomic mass is 19.1. The lowest BCUT2D eigenvalue weighted by molar-refractivity contribution is 0.0586.